The summed E-state index contributed by atoms with van der Waals surface area (Å²) in [6, 6.07) is 8.32. The highest BCUT2D eigenvalue weighted by atomic mass is 32.1. The van der Waals surface area contributed by atoms with Crippen molar-refractivity contribution in [1.29, 1.82) is 0 Å². The van der Waals surface area contributed by atoms with Crippen molar-refractivity contribution in [1.82, 2.24) is 9.55 Å². The summed E-state index contributed by atoms with van der Waals surface area (Å²) >= 11 is 1.27. The zero-order valence-electron chi connectivity index (χ0n) is 15.5. The second kappa shape index (κ2) is 7.10. The van der Waals surface area contributed by atoms with Gasteiger partial charge in [-0.3, -0.25) is 14.3 Å². The van der Waals surface area contributed by atoms with E-state index in [4.69, 9.17) is 14.3 Å². The number of ether oxygens (including phenoxy) is 1. The number of thiophene rings is 1. The molecule has 0 bridgehead atoms. The number of hydrogen-bond donors (Lipinski definition) is 2. The number of methoxy groups -OCH3 is 1. The number of H-pyrrole nitrogens is 1. The number of aromatic amines is 1. The van der Waals surface area contributed by atoms with E-state index in [0.29, 0.717) is 15.8 Å². The molecule has 1 aromatic carbocycles. The molecule has 0 amide bonds. The SMILES string of the molecule is COc1ccc(-c2csc3[nH]c(=O)n(Cc4ccc(C(=O)O)o4)c(=O)c23)cc1C. The van der Waals surface area contributed by atoms with Crippen LogP contribution < -0.4 is 16.0 Å². The lowest BCUT2D eigenvalue weighted by Crippen LogP contribution is -2.35. The van der Waals surface area contributed by atoms with Crippen molar-refractivity contribution in [3.63, 3.8) is 0 Å². The molecule has 8 nitrogen and oxygen atoms in total. The summed E-state index contributed by atoms with van der Waals surface area (Å²) in [5, 5.41) is 11.2. The lowest BCUT2D eigenvalue weighted by Gasteiger charge is -2.08. The molecule has 4 aromatic rings. The number of fused-ring (bicyclic) bond motifs is 1. The minimum atomic E-state index is -1.22. The summed E-state index contributed by atoms with van der Waals surface area (Å²) in [4.78, 5) is 39.7. The molecule has 2 N–H and O–H groups in total. The smallest absolute Gasteiger partial charge is 0.371 e. The highest BCUT2D eigenvalue weighted by molar-refractivity contribution is 7.17. The van der Waals surface area contributed by atoms with Gasteiger partial charge in [-0.25, -0.2) is 9.59 Å². The van der Waals surface area contributed by atoms with Crippen LogP contribution in [-0.4, -0.2) is 27.7 Å². The molecule has 4 rings (SSSR count). The first-order chi connectivity index (χ1) is 13.9. The maximum absolute atomic E-state index is 13.1. The largest absolute Gasteiger partial charge is 0.496 e. The molecule has 0 unspecified atom stereocenters. The fourth-order valence-corrected chi connectivity index (χ4v) is 4.14. The lowest BCUT2D eigenvalue weighted by molar-refractivity contribution is 0.0660. The molecule has 0 aliphatic heterocycles. The predicted octanol–water partition coefficient (Wildman–Crippen LogP) is 3.07. The van der Waals surface area contributed by atoms with Gasteiger partial charge in [0.2, 0.25) is 5.76 Å². The molecule has 0 saturated heterocycles. The molecule has 0 saturated carbocycles. The first-order valence-corrected chi connectivity index (χ1v) is 9.48. The number of furan rings is 1. The Balaban J connectivity index is 1.84. The third kappa shape index (κ3) is 3.25. The fourth-order valence-electron chi connectivity index (χ4n) is 3.19. The summed E-state index contributed by atoms with van der Waals surface area (Å²) in [7, 11) is 1.59. The van der Waals surface area contributed by atoms with Crippen molar-refractivity contribution in [2.24, 2.45) is 0 Å². The van der Waals surface area contributed by atoms with E-state index in [9.17, 15) is 14.4 Å². The van der Waals surface area contributed by atoms with Crippen molar-refractivity contribution in [2.75, 3.05) is 7.11 Å². The Morgan fingerprint density at radius 3 is 2.72 bits per heavy atom. The van der Waals surface area contributed by atoms with Gasteiger partial charge in [0.1, 0.15) is 16.3 Å². The van der Waals surface area contributed by atoms with Gasteiger partial charge in [-0.05, 0) is 42.3 Å². The zero-order chi connectivity index (χ0) is 20.7. The van der Waals surface area contributed by atoms with Crippen LogP contribution in [0.1, 0.15) is 21.9 Å². The monoisotopic (exact) mass is 412 g/mol. The number of nitrogens with one attached hydrogen (secondary N) is 1. The standard InChI is InChI=1S/C20H16N2O6S/c1-10-7-11(3-5-14(10)27-2)13-9-29-17-16(13)18(23)22(20(26)21-17)8-12-4-6-15(28-12)19(24)25/h3-7,9H,8H2,1-2H3,(H,21,26)(H,24,25). The Hall–Kier alpha value is -3.59. The van der Waals surface area contributed by atoms with Crippen LogP contribution in [0.15, 0.2) is 49.7 Å². The molecule has 9 heteroatoms. The number of aromatic nitrogens is 2. The van der Waals surface area contributed by atoms with Gasteiger partial charge < -0.3 is 14.3 Å². The third-order valence-electron chi connectivity index (χ3n) is 4.61. The first-order valence-electron chi connectivity index (χ1n) is 8.60. The number of aromatic carboxylic acids is 1. The zero-order valence-corrected chi connectivity index (χ0v) is 16.3. The maximum Gasteiger partial charge on any atom is 0.371 e. The number of carboxylic acids is 1. The lowest BCUT2D eigenvalue weighted by atomic mass is 10.0. The minimum absolute atomic E-state index is 0.172. The van der Waals surface area contributed by atoms with Crippen LogP contribution in [0.3, 0.4) is 0 Å². The van der Waals surface area contributed by atoms with E-state index in [-0.39, 0.29) is 18.1 Å². The van der Waals surface area contributed by atoms with Gasteiger partial charge in [-0.1, -0.05) is 6.07 Å². The van der Waals surface area contributed by atoms with Crippen LogP contribution in [0.5, 0.6) is 5.75 Å². The Morgan fingerprint density at radius 2 is 2.07 bits per heavy atom. The van der Waals surface area contributed by atoms with Crippen LogP contribution in [0.4, 0.5) is 0 Å². The molecule has 0 fully saturated rings. The average molecular weight is 412 g/mol. The van der Waals surface area contributed by atoms with Gasteiger partial charge in [0.05, 0.1) is 19.0 Å². The number of carbonyl (C=O) groups is 1. The van der Waals surface area contributed by atoms with E-state index in [0.717, 1.165) is 21.4 Å². The molecule has 3 heterocycles. The second-order valence-electron chi connectivity index (χ2n) is 6.43. The van der Waals surface area contributed by atoms with E-state index < -0.39 is 17.2 Å². The van der Waals surface area contributed by atoms with E-state index in [1.54, 1.807) is 7.11 Å². The summed E-state index contributed by atoms with van der Waals surface area (Å²) in [5.41, 5.74) is 1.40. The molecular formula is C20H16N2O6S. The number of carboxylic acid groups (broad SMARTS) is 1. The van der Waals surface area contributed by atoms with E-state index in [2.05, 4.69) is 4.98 Å². The number of benzene rings is 1. The highest BCUT2D eigenvalue weighted by Gasteiger charge is 2.17. The molecule has 0 radical (unpaired) electrons. The van der Waals surface area contributed by atoms with Crippen molar-refractivity contribution < 1.29 is 19.1 Å². The maximum atomic E-state index is 13.1. The third-order valence-corrected chi connectivity index (χ3v) is 5.50. The van der Waals surface area contributed by atoms with Crippen LogP contribution in [0.2, 0.25) is 0 Å². The molecule has 0 aliphatic carbocycles. The van der Waals surface area contributed by atoms with Gasteiger partial charge in [-0.2, -0.15) is 0 Å². The van der Waals surface area contributed by atoms with Crippen molar-refractivity contribution in [3.05, 3.63) is 73.6 Å². The first kappa shape index (κ1) is 18.8. The van der Waals surface area contributed by atoms with Crippen LogP contribution in [-0.2, 0) is 6.54 Å². The van der Waals surface area contributed by atoms with Crippen LogP contribution in [0.25, 0.3) is 21.3 Å². The van der Waals surface area contributed by atoms with Gasteiger partial charge in [0.15, 0.2) is 0 Å². The quantitative estimate of drug-likeness (QED) is 0.521. The van der Waals surface area contributed by atoms with Crippen LogP contribution >= 0.6 is 11.3 Å². The Bertz CT molecular complexity index is 1360. The average Bonchev–Trinajstić information content (AvgIpc) is 3.32. The summed E-state index contributed by atoms with van der Waals surface area (Å²) < 4.78 is 11.5. The number of rotatable bonds is 5. The van der Waals surface area contributed by atoms with Crippen molar-refractivity contribution in [2.45, 2.75) is 13.5 Å². The number of hydrogen-bond acceptors (Lipinski definition) is 6. The van der Waals surface area contributed by atoms with Gasteiger partial charge in [-0.15, -0.1) is 11.3 Å². The minimum Gasteiger partial charge on any atom is -0.496 e. The van der Waals surface area contributed by atoms with Crippen molar-refractivity contribution >= 4 is 27.5 Å². The Labute approximate surface area is 167 Å². The van der Waals surface area contributed by atoms with Gasteiger partial charge in [0, 0.05) is 10.9 Å². The van der Waals surface area contributed by atoms with E-state index >= 15 is 0 Å². The van der Waals surface area contributed by atoms with Crippen LogP contribution in [0, 0.1) is 6.92 Å². The summed E-state index contributed by atoms with van der Waals surface area (Å²) in [6.07, 6.45) is 0. The van der Waals surface area contributed by atoms with E-state index in [1.165, 1.54) is 23.5 Å². The number of nitrogens with zero attached hydrogens (tertiary/aromatic N) is 1. The molecule has 148 valence electrons. The molecule has 0 spiro atoms. The fraction of sp³-hybridized carbons (Fsp3) is 0.150. The Morgan fingerprint density at radius 1 is 1.28 bits per heavy atom. The highest BCUT2D eigenvalue weighted by Crippen LogP contribution is 2.32. The molecule has 0 aliphatic rings. The number of aryl methyl sites for hydroxylation is 1. The van der Waals surface area contributed by atoms with Gasteiger partial charge >= 0.3 is 11.7 Å². The predicted molar refractivity (Wildman–Crippen MR) is 108 cm³/mol. The topological polar surface area (TPSA) is 115 Å². The molecule has 3 aromatic heterocycles. The Kier molecular flexibility index (Phi) is 4.59. The molecule has 0 atom stereocenters. The van der Waals surface area contributed by atoms with E-state index in [1.807, 2.05) is 30.5 Å². The summed E-state index contributed by atoms with van der Waals surface area (Å²) in [6.45, 7) is 1.74. The molecular weight excluding hydrogens is 396 g/mol. The second-order valence-corrected chi connectivity index (χ2v) is 7.31. The normalized spacial score (nSPS) is 11.1. The van der Waals surface area contributed by atoms with Gasteiger partial charge in [0.25, 0.3) is 5.56 Å². The molecule has 29 heavy (non-hydrogen) atoms. The summed E-state index contributed by atoms with van der Waals surface area (Å²) in [5.74, 6) is -0.531. The van der Waals surface area contributed by atoms with Crippen molar-refractivity contribution in [3.8, 4) is 16.9 Å².